The molecule has 42 heavy (non-hydrogen) atoms. The second-order valence-electron chi connectivity index (χ2n) is 13.5. The van der Waals surface area contributed by atoms with E-state index in [1.165, 1.54) is 36.1 Å². The molecular formula is C35H46N4O3. The van der Waals surface area contributed by atoms with Crippen molar-refractivity contribution in [2.75, 3.05) is 50.8 Å². The number of rotatable bonds is 10. The van der Waals surface area contributed by atoms with Gasteiger partial charge in [0, 0.05) is 55.1 Å². The largest absolute Gasteiger partial charge is 0.460 e. The summed E-state index contributed by atoms with van der Waals surface area (Å²) < 4.78 is 11.5. The molecule has 4 heterocycles. The minimum absolute atomic E-state index is 0.102. The van der Waals surface area contributed by atoms with Crippen LogP contribution in [-0.4, -0.2) is 72.4 Å². The van der Waals surface area contributed by atoms with Gasteiger partial charge in [0.1, 0.15) is 5.60 Å². The molecular weight excluding hydrogens is 524 g/mol. The van der Waals surface area contributed by atoms with Crippen molar-refractivity contribution in [3.63, 3.8) is 0 Å². The Kier molecular flexibility index (Phi) is 8.77. The van der Waals surface area contributed by atoms with E-state index in [2.05, 4.69) is 51.2 Å². The smallest absolute Gasteiger partial charge is 0.306 e. The van der Waals surface area contributed by atoms with E-state index in [9.17, 15) is 4.79 Å². The van der Waals surface area contributed by atoms with Crippen LogP contribution in [0.2, 0.25) is 0 Å². The van der Waals surface area contributed by atoms with Gasteiger partial charge in [-0.05, 0) is 119 Å². The number of aromatic nitrogens is 2. The van der Waals surface area contributed by atoms with Crippen molar-refractivity contribution in [2.24, 2.45) is 5.92 Å². The van der Waals surface area contributed by atoms with Crippen LogP contribution < -0.4 is 4.90 Å². The topological polar surface area (TPSA) is 67.8 Å². The van der Waals surface area contributed by atoms with Gasteiger partial charge in [0.05, 0.1) is 19.6 Å². The van der Waals surface area contributed by atoms with Gasteiger partial charge in [0.15, 0.2) is 5.65 Å². The molecule has 1 aliphatic carbocycles. The van der Waals surface area contributed by atoms with E-state index < -0.39 is 5.60 Å². The van der Waals surface area contributed by atoms with Gasteiger partial charge >= 0.3 is 5.97 Å². The maximum atomic E-state index is 13.2. The number of hydrogen-bond donors (Lipinski definition) is 0. The third-order valence-corrected chi connectivity index (χ3v) is 8.87. The van der Waals surface area contributed by atoms with Crippen molar-refractivity contribution in [3.05, 3.63) is 65.5 Å². The Morgan fingerprint density at radius 3 is 2.69 bits per heavy atom. The van der Waals surface area contributed by atoms with Crippen LogP contribution in [0.25, 0.3) is 11.0 Å². The molecule has 3 aromatic rings. The zero-order valence-electron chi connectivity index (χ0n) is 25.6. The fourth-order valence-electron chi connectivity index (χ4n) is 6.53. The molecule has 2 atom stereocenters. The molecule has 0 radical (unpaired) electrons. The highest BCUT2D eigenvalue weighted by Gasteiger charge is 2.31. The Bertz CT molecular complexity index is 1380. The second kappa shape index (κ2) is 12.7. The van der Waals surface area contributed by atoms with Gasteiger partial charge in [0.25, 0.3) is 0 Å². The van der Waals surface area contributed by atoms with Crippen LogP contribution in [-0.2, 0) is 20.7 Å². The van der Waals surface area contributed by atoms with Crippen LogP contribution in [0.1, 0.15) is 81.5 Å². The Morgan fingerprint density at radius 2 is 1.90 bits per heavy atom. The molecule has 2 unspecified atom stereocenters. The average molecular weight is 571 g/mol. The molecule has 0 bridgehead atoms. The van der Waals surface area contributed by atoms with Crippen LogP contribution >= 0.6 is 0 Å². The van der Waals surface area contributed by atoms with Crippen LogP contribution in [0.5, 0.6) is 0 Å². The van der Waals surface area contributed by atoms with E-state index in [0.717, 1.165) is 75.5 Å². The fourth-order valence-corrected chi connectivity index (χ4v) is 6.53. The number of ether oxygens (including phenoxy) is 2. The number of pyridine rings is 2. The predicted molar refractivity (Wildman–Crippen MR) is 167 cm³/mol. The Balaban J connectivity index is 1.16. The molecule has 2 saturated heterocycles. The maximum absolute atomic E-state index is 13.2. The summed E-state index contributed by atoms with van der Waals surface area (Å²) in [5.74, 6) is 1.28. The molecule has 1 saturated carbocycles. The van der Waals surface area contributed by atoms with E-state index in [-0.39, 0.29) is 11.9 Å². The van der Waals surface area contributed by atoms with Crippen molar-refractivity contribution >= 4 is 22.7 Å². The summed E-state index contributed by atoms with van der Waals surface area (Å²) >= 11 is 0. The molecule has 0 amide bonds. The standard InChI is InChI=1S/C35H46N4O3/c1-35(2,3)42-33(40)22-30(29-19-28(26-7-8-26)20-32(21-29)39-15-17-41-18-16-39)24-38-14-12-25(23-38)6-10-31-11-9-27-5-4-13-36-34(27)37-31/h4-5,9,11,13,19-21,25-26,30H,6-8,10,12,14-18,22-24H2,1-3H3. The molecule has 0 N–H and O–H groups in total. The van der Waals surface area contributed by atoms with Gasteiger partial charge in [-0.1, -0.05) is 6.07 Å². The molecule has 7 heteroatoms. The maximum Gasteiger partial charge on any atom is 0.306 e. The summed E-state index contributed by atoms with van der Waals surface area (Å²) in [5, 5.41) is 1.09. The summed E-state index contributed by atoms with van der Waals surface area (Å²) in [5.41, 5.74) is 5.46. The molecule has 2 aromatic heterocycles. The van der Waals surface area contributed by atoms with Crippen molar-refractivity contribution in [2.45, 2.75) is 76.7 Å². The van der Waals surface area contributed by atoms with E-state index in [1.54, 1.807) is 0 Å². The lowest BCUT2D eigenvalue weighted by Gasteiger charge is -2.31. The summed E-state index contributed by atoms with van der Waals surface area (Å²) in [6, 6.07) is 15.4. The van der Waals surface area contributed by atoms with Gasteiger partial charge in [-0.2, -0.15) is 0 Å². The van der Waals surface area contributed by atoms with Gasteiger partial charge < -0.3 is 19.3 Å². The van der Waals surface area contributed by atoms with Crippen LogP contribution in [0, 0.1) is 5.92 Å². The molecule has 3 fully saturated rings. The highest BCUT2D eigenvalue weighted by atomic mass is 16.6. The summed E-state index contributed by atoms with van der Waals surface area (Å²) in [7, 11) is 0. The molecule has 224 valence electrons. The molecule has 1 aromatic carbocycles. The quantitative estimate of drug-likeness (QED) is 0.272. The first-order chi connectivity index (χ1) is 20.3. The van der Waals surface area contributed by atoms with Gasteiger partial charge in [-0.25, -0.2) is 9.97 Å². The van der Waals surface area contributed by atoms with E-state index >= 15 is 0 Å². The predicted octanol–water partition coefficient (Wildman–Crippen LogP) is 6.11. The number of aryl methyl sites for hydroxylation is 1. The van der Waals surface area contributed by atoms with E-state index in [4.69, 9.17) is 14.5 Å². The lowest BCUT2D eigenvalue weighted by molar-refractivity contribution is -0.155. The zero-order valence-corrected chi connectivity index (χ0v) is 25.6. The van der Waals surface area contributed by atoms with Gasteiger partial charge in [-0.3, -0.25) is 4.79 Å². The first kappa shape index (κ1) is 29.1. The van der Waals surface area contributed by atoms with Crippen molar-refractivity contribution < 1.29 is 14.3 Å². The monoisotopic (exact) mass is 570 g/mol. The lowest BCUT2D eigenvalue weighted by atomic mass is 9.91. The number of fused-ring (bicyclic) bond motifs is 1. The van der Waals surface area contributed by atoms with Crippen LogP contribution in [0.4, 0.5) is 5.69 Å². The van der Waals surface area contributed by atoms with Gasteiger partial charge in [0.2, 0.25) is 0 Å². The van der Waals surface area contributed by atoms with Crippen molar-refractivity contribution in [1.82, 2.24) is 14.9 Å². The zero-order chi connectivity index (χ0) is 29.1. The summed E-state index contributed by atoms with van der Waals surface area (Å²) in [6.45, 7) is 12.2. The number of carbonyl (C=O) groups excluding carboxylic acids is 1. The number of esters is 1. The van der Waals surface area contributed by atoms with Crippen LogP contribution in [0.3, 0.4) is 0 Å². The van der Waals surface area contributed by atoms with E-state index in [0.29, 0.717) is 18.3 Å². The highest BCUT2D eigenvalue weighted by molar-refractivity contribution is 5.74. The third kappa shape index (κ3) is 7.67. The SMILES string of the molecule is CC(C)(C)OC(=O)CC(CN1CCC(CCc2ccc3cccnc3n2)C1)c1cc(C2CC2)cc(N2CCOCC2)c1. The highest BCUT2D eigenvalue weighted by Crippen LogP contribution is 2.43. The first-order valence-electron chi connectivity index (χ1n) is 15.9. The summed E-state index contributed by atoms with van der Waals surface area (Å²) in [4.78, 5) is 27.4. The fraction of sp³-hybridized carbons (Fsp3) is 0.571. The first-order valence-corrected chi connectivity index (χ1v) is 15.9. The Hall–Kier alpha value is -3.03. The summed E-state index contributed by atoms with van der Waals surface area (Å²) in [6.07, 6.45) is 8.02. The second-order valence-corrected chi connectivity index (χ2v) is 13.5. The number of morpholine rings is 1. The number of benzene rings is 1. The number of carbonyl (C=O) groups is 1. The lowest BCUT2D eigenvalue weighted by Crippen LogP contribution is -2.36. The Morgan fingerprint density at radius 1 is 1.07 bits per heavy atom. The third-order valence-electron chi connectivity index (χ3n) is 8.87. The minimum Gasteiger partial charge on any atom is -0.460 e. The molecule has 3 aliphatic rings. The molecule has 7 nitrogen and oxygen atoms in total. The minimum atomic E-state index is -0.485. The molecule has 2 aliphatic heterocycles. The number of hydrogen-bond acceptors (Lipinski definition) is 7. The number of likely N-dealkylation sites (tertiary alicyclic amines) is 1. The number of nitrogens with zero attached hydrogens (tertiary/aromatic N) is 4. The van der Waals surface area contributed by atoms with Gasteiger partial charge in [-0.15, -0.1) is 0 Å². The van der Waals surface area contributed by atoms with Crippen molar-refractivity contribution in [1.29, 1.82) is 0 Å². The normalized spacial score (nSPS) is 20.6. The van der Waals surface area contributed by atoms with E-state index in [1.807, 2.05) is 33.0 Å². The molecule has 0 spiro atoms. The van der Waals surface area contributed by atoms with Crippen molar-refractivity contribution in [3.8, 4) is 0 Å². The Labute approximate surface area is 250 Å². The average Bonchev–Trinajstić information content (AvgIpc) is 3.74. The number of anilines is 1. The molecule has 6 rings (SSSR count). The van der Waals surface area contributed by atoms with Crippen LogP contribution in [0.15, 0.2) is 48.7 Å².